The van der Waals surface area contributed by atoms with Crippen molar-refractivity contribution >= 4 is 5.91 Å². The molecular formula is C23H45NO. The fourth-order valence-corrected chi connectivity index (χ4v) is 3.36. The number of unbranched alkanes of at least 4 members (excludes halogenated alkanes) is 18. The number of allylic oxidation sites excluding steroid dienone is 1. The van der Waals surface area contributed by atoms with Gasteiger partial charge in [-0.25, -0.2) is 0 Å². The average molecular weight is 352 g/mol. The Labute approximate surface area is 158 Å². The molecule has 0 aromatic heterocycles. The van der Waals surface area contributed by atoms with Crippen LogP contribution in [0.2, 0.25) is 0 Å². The number of carbonyl (C=O) groups is 1. The number of hydrogen-bond acceptors (Lipinski definition) is 1. The minimum Gasteiger partial charge on any atom is -0.366 e. The topological polar surface area (TPSA) is 43.1 Å². The Morgan fingerprint density at radius 1 is 0.600 bits per heavy atom. The Bertz CT molecular complexity index is 298. The van der Waals surface area contributed by atoms with Crippen LogP contribution in [-0.2, 0) is 4.79 Å². The lowest BCUT2D eigenvalue weighted by Crippen LogP contribution is -2.05. The van der Waals surface area contributed by atoms with E-state index < -0.39 is 0 Å². The van der Waals surface area contributed by atoms with E-state index in [1.165, 1.54) is 122 Å². The maximum Gasteiger partial charge on any atom is 0.241 e. The molecule has 25 heavy (non-hydrogen) atoms. The van der Waals surface area contributed by atoms with Crippen LogP contribution in [0.5, 0.6) is 0 Å². The monoisotopic (exact) mass is 351 g/mol. The van der Waals surface area contributed by atoms with E-state index in [-0.39, 0.29) is 5.91 Å². The molecule has 0 aliphatic heterocycles. The summed E-state index contributed by atoms with van der Waals surface area (Å²) in [5.74, 6) is -0.331. The molecule has 2 nitrogen and oxygen atoms in total. The molecule has 0 spiro atoms. The van der Waals surface area contributed by atoms with Crippen LogP contribution < -0.4 is 5.73 Å². The van der Waals surface area contributed by atoms with Gasteiger partial charge in [-0.05, 0) is 18.9 Å². The van der Waals surface area contributed by atoms with E-state index >= 15 is 0 Å². The van der Waals surface area contributed by atoms with Crippen LogP contribution >= 0.6 is 0 Å². The fourth-order valence-electron chi connectivity index (χ4n) is 3.36. The molecule has 0 aromatic carbocycles. The van der Waals surface area contributed by atoms with E-state index in [1.807, 2.05) is 6.08 Å². The molecule has 148 valence electrons. The molecule has 0 radical (unpaired) electrons. The maximum absolute atomic E-state index is 10.5. The molecule has 2 heteroatoms. The fraction of sp³-hybridized carbons (Fsp3) is 0.870. The lowest BCUT2D eigenvalue weighted by Gasteiger charge is -2.03. The van der Waals surface area contributed by atoms with Gasteiger partial charge in [0, 0.05) is 0 Å². The molecule has 1 amide bonds. The lowest BCUT2D eigenvalue weighted by atomic mass is 10.0. The highest BCUT2D eigenvalue weighted by Gasteiger charge is 1.95. The normalized spacial score (nSPS) is 11.4. The first-order valence-electron chi connectivity index (χ1n) is 11.2. The summed E-state index contributed by atoms with van der Waals surface area (Å²) in [6, 6.07) is 0. The van der Waals surface area contributed by atoms with E-state index in [0.717, 1.165) is 6.42 Å². The van der Waals surface area contributed by atoms with Crippen molar-refractivity contribution in [3.63, 3.8) is 0 Å². The first-order chi connectivity index (χ1) is 12.3. The number of carbonyl (C=O) groups excluding carboxylic acids is 1. The number of amides is 1. The van der Waals surface area contributed by atoms with Gasteiger partial charge in [0.15, 0.2) is 0 Å². The minimum absolute atomic E-state index is 0.331. The molecule has 0 aliphatic carbocycles. The summed E-state index contributed by atoms with van der Waals surface area (Å²) in [5, 5.41) is 0. The Kier molecular flexibility index (Phi) is 20.6. The van der Waals surface area contributed by atoms with Gasteiger partial charge in [-0.1, -0.05) is 122 Å². The molecular weight excluding hydrogens is 306 g/mol. The van der Waals surface area contributed by atoms with Crippen molar-refractivity contribution in [2.24, 2.45) is 5.73 Å². The summed E-state index contributed by atoms with van der Waals surface area (Å²) in [6.45, 7) is 2.29. The van der Waals surface area contributed by atoms with E-state index in [4.69, 9.17) is 5.73 Å². The van der Waals surface area contributed by atoms with Crippen LogP contribution in [0.3, 0.4) is 0 Å². The zero-order valence-electron chi connectivity index (χ0n) is 17.1. The van der Waals surface area contributed by atoms with Gasteiger partial charge in [0.05, 0.1) is 0 Å². The Hall–Kier alpha value is -0.790. The van der Waals surface area contributed by atoms with Crippen molar-refractivity contribution in [1.29, 1.82) is 0 Å². The Balaban J connectivity index is 3.01. The number of rotatable bonds is 20. The molecule has 0 aliphatic rings. The second-order valence-electron chi connectivity index (χ2n) is 7.60. The average Bonchev–Trinajstić information content (AvgIpc) is 2.60. The summed E-state index contributed by atoms with van der Waals surface area (Å²) in [4.78, 5) is 10.5. The van der Waals surface area contributed by atoms with Crippen LogP contribution in [-0.4, -0.2) is 5.91 Å². The predicted molar refractivity (Wildman–Crippen MR) is 112 cm³/mol. The summed E-state index contributed by atoms with van der Waals surface area (Å²) in [5.41, 5.74) is 5.05. The third-order valence-electron chi connectivity index (χ3n) is 5.01. The molecule has 0 heterocycles. The van der Waals surface area contributed by atoms with Crippen molar-refractivity contribution < 1.29 is 4.79 Å². The van der Waals surface area contributed by atoms with Crippen molar-refractivity contribution in [2.45, 2.75) is 129 Å². The quantitative estimate of drug-likeness (QED) is 0.179. The van der Waals surface area contributed by atoms with Gasteiger partial charge >= 0.3 is 0 Å². The molecule has 2 N–H and O–H groups in total. The summed E-state index contributed by atoms with van der Waals surface area (Å²) in [7, 11) is 0. The van der Waals surface area contributed by atoms with Crippen LogP contribution in [0.25, 0.3) is 0 Å². The molecule has 0 aromatic rings. The summed E-state index contributed by atoms with van der Waals surface area (Å²) < 4.78 is 0. The third kappa shape index (κ3) is 23.2. The van der Waals surface area contributed by atoms with E-state index in [9.17, 15) is 4.79 Å². The smallest absolute Gasteiger partial charge is 0.241 e. The summed E-state index contributed by atoms with van der Waals surface area (Å²) in [6.07, 6.45) is 29.6. The minimum atomic E-state index is -0.331. The zero-order valence-corrected chi connectivity index (χ0v) is 17.1. The number of primary amides is 1. The van der Waals surface area contributed by atoms with Crippen molar-refractivity contribution in [3.8, 4) is 0 Å². The molecule has 0 unspecified atom stereocenters. The van der Waals surface area contributed by atoms with Crippen molar-refractivity contribution in [1.82, 2.24) is 0 Å². The third-order valence-corrected chi connectivity index (χ3v) is 5.01. The molecule has 0 saturated carbocycles. The maximum atomic E-state index is 10.5. The van der Waals surface area contributed by atoms with Gasteiger partial charge in [0.2, 0.25) is 5.91 Å². The van der Waals surface area contributed by atoms with E-state index in [0.29, 0.717) is 0 Å². The molecule has 0 atom stereocenters. The van der Waals surface area contributed by atoms with E-state index in [2.05, 4.69) is 6.92 Å². The molecule has 0 saturated heterocycles. The van der Waals surface area contributed by atoms with Crippen LogP contribution in [0, 0.1) is 0 Å². The van der Waals surface area contributed by atoms with Gasteiger partial charge in [-0.15, -0.1) is 0 Å². The van der Waals surface area contributed by atoms with Crippen LogP contribution in [0.1, 0.15) is 129 Å². The Morgan fingerprint density at radius 3 is 1.24 bits per heavy atom. The standard InChI is InChI=1S/C23H45NO/c1-2-3-4-5-6-7-8-9-10-11-12-13-14-15-16-17-18-19-20-21-22-23(24)25/h21-22H,2-20H2,1H3,(H2,24,25). The SMILES string of the molecule is CCCCCCCCCCCCCCCCCCCCC=CC(N)=O. The zero-order chi connectivity index (χ0) is 18.4. The highest BCUT2D eigenvalue weighted by atomic mass is 16.1. The largest absolute Gasteiger partial charge is 0.366 e. The lowest BCUT2D eigenvalue weighted by molar-refractivity contribution is -0.113. The molecule has 0 bridgehead atoms. The number of nitrogens with two attached hydrogens (primary N) is 1. The molecule has 0 fully saturated rings. The molecule has 0 rings (SSSR count). The van der Waals surface area contributed by atoms with Gasteiger partial charge in [-0.2, -0.15) is 0 Å². The number of hydrogen-bond donors (Lipinski definition) is 1. The first-order valence-corrected chi connectivity index (χ1v) is 11.2. The van der Waals surface area contributed by atoms with Gasteiger partial charge in [0.25, 0.3) is 0 Å². The van der Waals surface area contributed by atoms with Gasteiger partial charge in [-0.3, -0.25) is 4.79 Å². The predicted octanol–water partition coefficient (Wildman–Crippen LogP) is 7.46. The highest BCUT2D eigenvalue weighted by Crippen LogP contribution is 2.14. The summed E-state index contributed by atoms with van der Waals surface area (Å²) >= 11 is 0. The first kappa shape index (κ1) is 24.2. The van der Waals surface area contributed by atoms with Crippen LogP contribution in [0.15, 0.2) is 12.2 Å². The van der Waals surface area contributed by atoms with Gasteiger partial charge in [0.1, 0.15) is 0 Å². The van der Waals surface area contributed by atoms with Gasteiger partial charge < -0.3 is 5.73 Å². The second-order valence-corrected chi connectivity index (χ2v) is 7.60. The highest BCUT2D eigenvalue weighted by molar-refractivity contribution is 5.85. The van der Waals surface area contributed by atoms with Crippen LogP contribution in [0.4, 0.5) is 0 Å². The Morgan fingerprint density at radius 2 is 0.920 bits per heavy atom. The van der Waals surface area contributed by atoms with Crippen molar-refractivity contribution in [2.75, 3.05) is 0 Å². The second kappa shape index (κ2) is 21.3. The van der Waals surface area contributed by atoms with Crippen molar-refractivity contribution in [3.05, 3.63) is 12.2 Å². The van der Waals surface area contributed by atoms with E-state index in [1.54, 1.807) is 0 Å².